The summed E-state index contributed by atoms with van der Waals surface area (Å²) < 4.78 is 18.8. The highest BCUT2D eigenvalue weighted by atomic mass is 19.1. The van der Waals surface area contributed by atoms with Crippen molar-refractivity contribution in [1.29, 1.82) is 0 Å². The molecule has 3 nitrogen and oxygen atoms in total. The van der Waals surface area contributed by atoms with Crippen LogP contribution in [-0.4, -0.2) is 12.9 Å². The minimum Gasteiger partial charge on any atom is -0.494 e. The van der Waals surface area contributed by atoms with Crippen molar-refractivity contribution in [3.8, 4) is 5.75 Å². The Morgan fingerprint density at radius 3 is 2.68 bits per heavy atom. The average molecular weight is 259 g/mol. The molecule has 0 saturated heterocycles. The lowest BCUT2D eigenvalue weighted by Crippen LogP contribution is -2.07. The summed E-state index contributed by atoms with van der Waals surface area (Å²) in [7, 11) is 1.37. The molecule has 4 heteroatoms. The van der Waals surface area contributed by atoms with Gasteiger partial charge in [0.1, 0.15) is 0 Å². The van der Waals surface area contributed by atoms with Crippen LogP contribution >= 0.6 is 0 Å². The molecule has 2 aromatic rings. The van der Waals surface area contributed by atoms with E-state index < -0.39 is 5.82 Å². The van der Waals surface area contributed by atoms with Crippen LogP contribution in [0.5, 0.6) is 5.75 Å². The Balaban J connectivity index is 2.25. The van der Waals surface area contributed by atoms with Gasteiger partial charge in [0.25, 0.3) is 0 Å². The molecular weight excluding hydrogens is 245 g/mol. The molecule has 2 aromatic carbocycles. The van der Waals surface area contributed by atoms with Gasteiger partial charge in [0.15, 0.2) is 17.3 Å². The lowest BCUT2D eigenvalue weighted by molar-refractivity contribution is 0.0988. The maximum atomic E-state index is 13.9. The zero-order valence-electron chi connectivity index (χ0n) is 10.5. The lowest BCUT2D eigenvalue weighted by atomic mass is 10.0. The molecule has 19 heavy (non-hydrogen) atoms. The van der Waals surface area contributed by atoms with E-state index in [2.05, 4.69) is 0 Å². The fourth-order valence-electron chi connectivity index (χ4n) is 1.87. The van der Waals surface area contributed by atoms with Crippen LogP contribution in [0.2, 0.25) is 0 Å². The summed E-state index contributed by atoms with van der Waals surface area (Å²) in [6.45, 7) is 0. The highest BCUT2D eigenvalue weighted by Crippen LogP contribution is 2.21. The van der Waals surface area contributed by atoms with E-state index in [4.69, 9.17) is 10.5 Å². The van der Waals surface area contributed by atoms with E-state index in [1.54, 1.807) is 30.3 Å². The molecule has 0 bridgehead atoms. The monoisotopic (exact) mass is 259 g/mol. The molecule has 2 N–H and O–H groups in total. The fraction of sp³-hybridized carbons (Fsp3) is 0.133. The molecule has 0 aliphatic carbocycles. The molecule has 0 amide bonds. The Morgan fingerprint density at radius 1 is 1.26 bits per heavy atom. The summed E-state index contributed by atoms with van der Waals surface area (Å²) in [4.78, 5) is 12.1. The topological polar surface area (TPSA) is 52.3 Å². The van der Waals surface area contributed by atoms with E-state index in [1.807, 2.05) is 0 Å². The van der Waals surface area contributed by atoms with Crippen molar-refractivity contribution >= 4 is 11.5 Å². The molecule has 0 spiro atoms. The Bertz CT molecular complexity index is 611. The summed E-state index contributed by atoms with van der Waals surface area (Å²) in [6.07, 6.45) is 0.106. The highest BCUT2D eigenvalue weighted by Gasteiger charge is 2.15. The molecule has 2 rings (SSSR count). The first kappa shape index (κ1) is 13.1. The van der Waals surface area contributed by atoms with Gasteiger partial charge in [-0.05, 0) is 29.8 Å². The minimum absolute atomic E-state index is 0.0294. The van der Waals surface area contributed by atoms with Crippen LogP contribution in [0.4, 0.5) is 10.1 Å². The van der Waals surface area contributed by atoms with Gasteiger partial charge in [0.05, 0.1) is 12.7 Å². The number of nitrogen functional groups attached to an aromatic ring is 1. The summed E-state index contributed by atoms with van der Waals surface area (Å²) in [6, 6.07) is 11.5. The number of halogens is 1. The molecule has 98 valence electrons. The van der Waals surface area contributed by atoms with Crippen LogP contribution in [0.3, 0.4) is 0 Å². The highest BCUT2D eigenvalue weighted by molar-refractivity contribution is 5.98. The number of hydrogen-bond acceptors (Lipinski definition) is 3. The number of nitrogens with two attached hydrogens (primary N) is 1. The maximum Gasteiger partial charge on any atom is 0.175 e. The predicted octanol–water partition coefficient (Wildman–Crippen LogP) is 2.84. The molecule has 0 atom stereocenters. The van der Waals surface area contributed by atoms with Gasteiger partial charge in [-0.2, -0.15) is 0 Å². The molecule has 0 aromatic heterocycles. The van der Waals surface area contributed by atoms with Gasteiger partial charge in [0, 0.05) is 12.1 Å². The van der Waals surface area contributed by atoms with Crippen LogP contribution in [-0.2, 0) is 6.42 Å². The number of benzene rings is 2. The number of methoxy groups -OCH3 is 1. The number of Topliss-reactive ketones (excluding diaryl/α,β-unsaturated/α-hetero) is 1. The Kier molecular flexibility index (Phi) is 3.80. The van der Waals surface area contributed by atoms with Crippen LogP contribution in [0, 0.1) is 5.82 Å². The van der Waals surface area contributed by atoms with Gasteiger partial charge in [-0.1, -0.05) is 18.2 Å². The second kappa shape index (κ2) is 5.52. The zero-order valence-corrected chi connectivity index (χ0v) is 10.5. The van der Waals surface area contributed by atoms with Crippen molar-refractivity contribution in [3.63, 3.8) is 0 Å². The first-order chi connectivity index (χ1) is 9.11. The third-order valence-corrected chi connectivity index (χ3v) is 2.80. The normalized spacial score (nSPS) is 10.2. The number of hydrogen-bond donors (Lipinski definition) is 1. The van der Waals surface area contributed by atoms with Crippen LogP contribution in [0.25, 0.3) is 0 Å². The van der Waals surface area contributed by atoms with E-state index in [-0.39, 0.29) is 23.5 Å². The summed E-state index contributed by atoms with van der Waals surface area (Å²) in [5.41, 5.74) is 7.01. The standard InChI is InChI=1S/C15H14FNO2/c1-19-14-7-3-6-12(15(14)16)13(18)9-10-4-2-5-11(17)8-10/h2-8H,9,17H2,1H3. The molecule has 0 aliphatic heterocycles. The molecular formula is C15H14FNO2. The van der Waals surface area contributed by atoms with Crippen molar-refractivity contribution in [2.24, 2.45) is 0 Å². The SMILES string of the molecule is COc1cccc(C(=O)Cc2cccc(N)c2)c1F. The molecule has 0 fully saturated rings. The molecule has 0 unspecified atom stereocenters. The van der Waals surface area contributed by atoms with Crippen molar-refractivity contribution in [3.05, 3.63) is 59.4 Å². The third kappa shape index (κ3) is 2.91. The van der Waals surface area contributed by atoms with E-state index in [9.17, 15) is 9.18 Å². The number of ether oxygens (including phenoxy) is 1. The Morgan fingerprint density at radius 2 is 2.00 bits per heavy atom. The summed E-state index contributed by atoms with van der Waals surface area (Å²) in [5.74, 6) is -0.862. The largest absolute Gasteiger partial charge is 0.494 e. The van der Waals surface area contributed by atoms with Crippen molar-refractivity contribution in [2.75, 3.05) is 12.8 Å². The number of ketones is 1. The van der Waals surface area contributed by atoms with Gasteiger partial charge in [-0.25, -0.2) is 4.39 Å². The second-order valence-corrected chi connectivity index (χ2v) is 4.17. The summed E-state index contributed by atoms with van der Waals surface area (Å²) in [5, 5.41) is 0. The first-order valence-corrected chi connectivity index (χ1v) is 5.82. The fourth-order valence-corrected chi connectivity index (χ4v) is 1.87. The zero-order chi connectivity index (χ0) is 13.8. The molecule has 0 aliphatic rings. The summed E-state index contributed by atoms with van der Waals surface area (Å²) >= 11 is 0. The molecule has 0 radical (unpaired) electrons. The van der Waals surface area contributed by atoms with E-state index >= 15 is 0 Å². The van der Waals surface area contributed by atoms with Crippen LogP contribution < -0.4 is 10.5 Å². The van der Waals surface area contributed by atoms with E-state index in [1.165, 1.54) is 19.2 Å². The smallest absolute Gasteiger partial charge is 0.175 e. The van der Waals surface area contributed by atoms with Gasteiger partial charge in [-0.15, -0.1) is 0 Å². The maximum absolute atomic E-state index is 13.9. The minimum atomic E-state index is -0.626. The van der Waals surface area contributed by atoms with Crippen molar-refractivity contribution in [2.45, 2.75) is 6.42 Å². The number of carbonyl (C=O) groups is 1. The van der Waals surface area contributed by atoms with Crippen molar-refractivity contribution < 1.29 is 13.9 Å². The van der Waals surface area contributed by atoms with Crippen LogP contribution in [0.15, 0.2) is 42.5 Å². The molecule has 0 heterocycles. The molecule has 0 saturated carbocycles. The quantitative estimate of drug-likeness (QED) is 0.678. The van der Waals surface area contributed by atoms with Gasteiger partial charge >= 0.3 is 0 Å². The van der Waals surface area contributed by atoms with Gasteiger partial charge < -0.3 is 10.5 Å². The third-order valence-electron chi connectivity index (χ3n) is 2.80. The van der Waals surface area contributed by atoms with Crippen LogP contribution in [0.1, 0.15) is 15.9 Å². The van der Waals surface area contributed by atoms with Gasteiger partial charge in [-0.3, -0.25) is 4.79 Å². The predicted molar refractivity (Wildman–Crippen MR) is 71.8 cm³/mol. The van der Waals surface area contributed by atoms with Gasteiger partial charge in [0.2, 0.25) is 0 Å². The Hall–Kier alpha value is -2.36. The number of anilines is 1. The number of carbonyl (C=O) groups excluding carboxylic acids is 1. The number of rotatable bonds is 4. The first-order valence-electron chi connectivity index (χ1n) is 5.82. The lowest BCUT2D eigenvalue weighted by Gasteiger charge is -2.07. The van der Waals surface area contributed by atoms with Crippen molar-refractivity contribution in [1.82, 2.24) is 0 Å². The second-order valence-electron chi connectivity index (χ2n) is 4.17. The average Bonchev–Trinajstić information content (AvgIpc) is 2.39. The Labute approximate surface area is 110 Å². The van der Waals surface area contributed by atoms with E-state index in [0.29, 0.717) is 5.69 Å². The van der Waals surface area contributed by atoms with E-state index in [0.717, 1.165) is 5.56 Å².